The first-order valence-corrected chi connectivity index (χ1v) is 9.13. The van der Waals surface area contributed by atoms with Gasteiger partial charge in [-0.1, -0.05) is 59.1 Å². The third kappa shape index (κ3) is 3.92. The number of benzene rings is 2. The van der Waals surface area contributed by atoms with Gasteiger partial charge in [0.15, 0.2) is 5.78 Å². The third-order valence-corrected chi connectivity index (χ3v) is 5.47. The number of aliphatic hydroxyl groups is 1. The van der Waals surface area contributed by atoms with Crippen LogP contribution in [-0.4, -0.2) is 28.8 Å². The van der Waals surface area contributed by atoms with Gasteiger partial charge in [0.2, 0.25) is 5.72 Å². The predicted molar refractivity (Wildman–Crippen MR) is 101 cm³/mol. The van der Waals surface area contributed by atoms with Crippen molar-refractivity contribution < 1.29 is 27.9 Å². The van der Waals surface area contributed by atoms with Gasteiger partial charge in [-0.3, -0.25) is 4.79 Å². The number of ketones is 1. The summed E-state index contributed by atoms with van der Waals surface area (Å²) in [4.78, 5) is 25.1. The molecule has 3 N–H and O–H groups in total. The molecule has 0 spiro atoms. The fraction of sp³-hybridized carbons (Fsp3) is 0.263. The number of hydrogen-bond acceptors (Lipinski definition) is 3. The molecule has 0 aliphatic carbocycles. The van der Waals surface area contributed by atoms with Crippen LogP contribution in [0.4, 0.5) is 18.0 Å². The molecule has 2 aromatic carbocycles. The fourth-order valence-corrected chi connectivity index (χ4v) is 3.53. The average molecular weight is 447 g/mol. The highest BCUT2D eigenvalue weighted by atomic mass is 35.5. The van der Waals surface area contributed by atoms with Crippen LogP contribution in [-0.2, 0) is 0 Å². The Morgan fingerprint density at radius 3 is 2.28 bits per heavy atom. The Bertz CT molecular complexity index is 966. The van der Waals surface area contributed by atoms with Crippen molar-refractivity contribution in [2.24, 2.45) is 5.92 Å². The molecule has 0 aromatic heterocycles. The monoisotopic (exact) mass is 446 g/mol. The summed E-state index contributed by atoms with van der Waals surface area (Å²) in [5.74, 6) is -3.13. The number of urea groups is 1. The van der Waals surface area contributed by atoms with Gasteiger partial charge in [-0.05, 0) is 24.6 Å². The molecule has 5 nitrogen and oxygen atoms in total. The lowest BCUT2D eigenvalue weighted by Gasteiger charge is -2.45. The number of rotatable bonds is 3. The molecular weight excluding hydrogens is 432 g/mol. The highest BCUT2D eigenvalue weighted by Gasteiger charge is 2.66. The zero-order valence-corrected chi connectivity index (χ0v) is 16.4. The van der Waals surface area contributed by atoms with E-state index in [-0.39, 0.29) is 21.2 Å². The lowest BCUT2D eigenvalue weighted by atomic mass is 9.77. The van der Waals surface area contributed by atoms with Gasteiger partial charge in [-0.25, -0.2) is 4.79 Å². The standard InChI is InChI=1S/C19H15Cl2F3N2O3/c1-9-2-4-10(5-3-9)16(27)14-15(11-6-7-12(20)13(21)8-11)25-17(28)26-18(14,29)19(22,23)24/h2-8,14-15,29H,1H3,(H2,25,26,28)/t14-,15+,18-/m1/s1. The van der Waals surface area contributed by atoms with Gasteiger partial charge < -0.3 is 15.7 Å². The SMILES string of the molecule is Cc1ccc(C(=O)[C@H]2[C@H](c3ccc(Cl)c(Cl)c3)NC(=O)N[C@]2(O)C(F)(F)F)cc1. The van der Waals surface area contributed by atoms with Crippen molar-refractivity contribution in [1.29, 1.82) is 0 Å². The first-order valence-electron chi connectivity index (χ1n) is 8.37. The van der Waals surface area contributed by atoms with Crippen molar-refractivity contribution >= 4 is 35.0 Å². The van der Waals surface area contributed by atoms with Crippen LogP contribution in [0.25, 0.3) is 0 Å². The minimum atomic E-state index is -5.33. The van der Waals surface area contributed by atoms with Crippen LogP contribution in [0, 0.1) is 12.8 Å². The molecule has 0 unspecified atom stereocenters. The Morgan fingerprint density at radius 1 is 1.10 bits per heavy atom. The highest BCUT2D eigenvalue weighted by molar-refractivity contribution is 6.42. The lowest BCUT2D eigenvalue weighted by Crippen LogP contribution is -2.72. The summed E-state index contributed by atoms with van der Waals surface area (Å²) < 4.78 is 41.5. The molecule has 0 radical (unpaired) electrons. The number of halogens is 5. The molecule has 0 bridgehead atoms. The summed E-state index contributed by atoms with van der Waals surface area (Å²) in [7, 11) is 0. The van der Waals surface area contributed by atoms with Gasteiger partial charge in [-0.15, -0.1) is 0 Å². The zero-order valence-electron chi connectivity index (χ0n) is 14.8. The lowest BCUT2D eigenvalue weighted by molar-refractivity contribution is -0.287. The fourth-order valence-electron chi connectivity index (χ4n) is 3.22. The van der Waals surface area contributed by atoms with Crippen LogP contribution in [0.1, 0.15) is 27.5 Å². The quantitative estimate of drug-likeness (QED) is 0.611. The van der Waals surface area contributed by atoms with E-state index in [1.54, 1.807) is 19.1 Å². The molecule has 1 aliphatic rings. The first kappa shape index (κ1) is 21.4. The third-order valence-electron chi connectivity index (χ3n) is 4.73. The minimum absolute atomic E-state index is 0.0223. The molecule has 29 heavy (non-hydrogen) atoms. The van der Waals surface area contributed by atoms with E-state index in [1.165, 1.54) is 35.6 Å². The van der Waals surface area contributed by atoms with E-state index in [2.05, 4.69) is 5.32 Å². The van der Waals surface area contributed by atoms with E-state index in [4.69, 9.17) is 23.2 Å². The van der Waals surface area contributed by atoms with E-state index in [1.807, 2.05) is 0 Å². The van der Waals surface area contributed by atoms with Crippen LogP contribution in [0.5, 0.6) is 0 Å². The Morgan fingerprint density at radius 2 is 1.72 bits per heavy atom. The van der Waals surface area contributed by atoms with Crippen molar-refractivity contribution in [1.82, 2.24) is 10.6 Å². The number of amides is 2. The summed E-state index contributed by atoms with van der Waals surface area (Å²) in [6.45, 7) is 1.75. The second kappa shape index (κ2) is 7.51. The van der Waals surface area contributed by atoms with Gasteiger partial charge in [-0.2, -0.15) is 13.2 Å². The van der Waals surface area contributed by atoms with Crippen molar-refractivity contribution in [2.45, 2.75) is 24.9 Å². The Kier molecular flexibility index (Phi) is 5.55. The summed E-state index contributed by atoms with van der Waals surface area (Å²) in [6.07, 6.45) is -5.33. The smallest absolute Gasteiger partial charge is 0.363 e. The van der Waals surface area contributed by atoms with Crippen LogP contribution in [0.2, 0.25) is 10.0 Å². The molecule has 1 heterocycles. The predicted octanol–water partition coefficient (Wildman–Crippen LogP) is 4.41. The molecule has 2 amide bonds. The molecule has 2 aromatic rings. The minimum Gasteiger partial charge on any atom is -0.363 e. The maximum atomic E-state index is 13.8. The Balaban J connectivity index is 2.17. The normalized spacial score (nSPS) is 24.6. The molecule has 3 rings (SSSR count). The van der Waals surface area contributed by atoms with E-state index in [9.17, 15) is 27.9 Å². The molecule has 1 aliphatic heterocycles. The molecule has 10 heteroatoms. The number of aryl methyl sites for hydroxylation is 1. The maximum absolute atomic E-state index is 13.8. The topological polar surface area (TPSA) is 78.4 Å². The molecule has 0 saturated carbocycles. The average Bonchev–Trinajstić information content (AvgIpc) is 2.62. The van der Waals surface area contributed by atoms with Crippen LogP contribution < -0.4 is 10.6 Å². The summed E-state index contributed by atoms with van der Waals surface area (Å²) in [5.41, 5.74) is -2.97. The van der Waals surface area contributed by atoms with E-state index < -0.39 is 35.7 Å². The zero-order chi connectivity index (χ0) is 21.6. The number of nitrogens with one attached hydrogen (secondary N) is 2. The Labute approximate surface area is 173 Å². The van der Waals surface area contributed by atoms with E-state index >= 15 is 0 Å². The number of carbonyl (C=O) groups excluding carboxylic acids is 2. The number of hydrogen-bond donors (Lipinski definition) is 3. The number of carbonyl (C=O) groups is 2. The Hall–Kier alpha value is -2.29. The van der Waals surface area contributed by atoms with Crippen LogP contribution in [0.3, 0.4) is 0 Å². The van der Waals surface area contributed by atoms with Gasteiger partial charge in [0.25, 0.3) is 0 Å². The number of alkyl halides is 3. The summed E-state index contributed by atoms with van der Waals surface area (Å²) >= 11 is 11.8. The summed E-state index contributed by atoms with van der Waals surface area (Å²) in [6, 6.07) is 6.93. The van der Waals surface area contributed by atoms with Crippen molar-refractivity contribution in [3.05, 3.63) is 69.2 Å². The van der Waals surface area contributed by atoms with Crippen molar-refractivity contribution in [3.63, 3.8) is 0 Å². The first-order chi connectivity index (χ1) is 13.4. The van der Waals surface area contributed by atoms with Crippen LogP contribution in [0.15, 0.2) is 42.5 Å². The van der Waals surface area contributed by atoms with Crippen LogP contribution >= 0.6 is 23.2 Å². The highest BCUT2D eigenvalue weighted by Crippen LogP contribution is 2.44. The second-order valence-electron chi connectivity index (χ2n) is 6.72. The van der Waals surface area contributed by atoms with Gasteiger partial charge in [0.1, 0.15) is 5.92 Å². The van der Waals surface area contributed by atoms with Gasteiger partial charge in [0.05, 0.1) is 16.1 Å². The summed E-state index contributed by atoms with van der Waals surface area (Å²) in [5, 5.41) is 14.4. The molecule has 3 atom stereocenters. The number of Topliss-reactive ketones (excluding diaryl/α,β-unsaturated/α-hetero) is 1. The second-order valence-corrected chi connectivity index (χ2v) is 7.54. The van der Waals surface area contributed by atoms with Gasteiger partial charge >= 0.3 is 12.2 Å². The van der Waals surface area contributed by atoms with Gasteiger partial charge in [0, 0.05) is 5.56 Å². The van der Waals surface area contributed by atoms with Crippen molar-refractivity contribution in [2.75, 3.05) is 0 Å². The van der Waals surface area contributed by atoms with E-state index in [0.717, 1.165) is 5.56 Å². The van der Waals surface area contributed by atoms with E-state index in [0.29, 0.717) is 0 Å². The molecular formula is C19H15Cl2F3N2O3. The maximum Gasteiger partial charge on any atom is 0.437 e. The molecule has 1 saturated heterocycles. The van der Waals surface area contributed by atoms with Crippen molar-refractivity contribution in [3.8, 4) is 0 Å². The molecule has 154 valence electrons. The largest absolute Gasteiger partial charge is 0.437 e. The molecule has 1 fully saturated rings.